The Morgan fingerprint density at radius 1 is 0.434 bits per heavy atom. The van der Waals surface area contributed by atoms with E-state index >= 15 is 0 Å². The lowest BCUT2D eigenvalue weighted by Gasteiger charge is -2.34. The molecule has 3 heterocycles. The minimum atomic E-state index is -3.15. The molecule has 0 fully saturated rings. The second kappa shape index (κ2) is 12.3. The maximum Gasteiger partial charge on any atom is 0.203 e. The fraction of sp³-hybridized carbons (Fsp3) is 0. The van der Waals surface area contributed by atoms with Crippen molar-refractivity contribution in [3.05, 3.63) is 200 Å². The van der Waals surface area contributed by atoms with Gasteiger partial charge in [0.1, 0.15) is 0 Å². The molecule has 0 aliphatic rings. The summed E-state index contributed by atoms with van der Waals surface area (Å²) >= 11 is 0. The molecule has 248 valence electrons. The smallest absolute Gasteiger partial charge is 0.203 e. The number of aromatic nitrogens is 3. The number of fused-ring (bicyclic) bond motifs is 6. The van der Waals surface area contributed by atoms with Crippen LogP contribution in [0.2, 0.25) is 0 Å². The summed E-state index contributed by atoms with van der Waals surface area (Å²) in [6, 6.07) is 69.0. The second-order valence-electron chi connectivity index (χ2n) is 13.5. The summed E-state index contributed by atoms with van der Waals surface area (Å²) in [5.41, 5.74) is 7.12. The van der Waals surface area contributed by atoms with E-state index in [-0.39, 0.29) is 0 Å². The monoisotopic (exact) mass is 692 g/mol. The third-order valence-electron chi connectivity index (χ3n) is 10.7. The first kappa shape index (κ1) is 30.8. The van der Waals surface area contributed by atoms with Gasteiger partial charge in [-0.1, -0.05) is 140 Å². The normalized spacial score (nSPS) is 11.8. The standard InChI is InChI=1S/C48H32N4Si/c49-32-34-31-35(51-43-23-11-7-19-39(43)40-20-8-12-24-44(40)51)27-29-47(34)53(37-15-3-1-4-16-37,38-17-5-2-6-18-38)48-30-28-36(33-50-48)52-45-25-13-9-21-41(45)42-22-10-14-26-46(42)52/h1-31,33H. The number of nitrogens with zero attached hydrogens (tertiary/aromatic N) is 4. The van der Waals surface area contributed by atoms with Gasteiger partial charge in [0.2, 0.25) is 8.07 Å². The number of para-hydroxylation sites is 4. The lowest BCUT2D eigenvalue weighted by molar-refractivity contribution is 1.15. The van der Waals surface area contributed by atoms with E-state index in [1.165, 1.54) is 31.9 Å². The maximum absolute atomic E-state index is 11.1. The molecule has 53 heavy (non-hydrogen) atoms. The second-order valence-corrected chi connectivity index (χ2v) is 17.2. The van der Waals surface area contributed by atoms with E-state index in [4.69, 9.17) is 4.98 Å². The molecule has 0 atom stereocenters. The summed E-state index contributed by atoms with van der Waals surface area (Å²) in [6.45, 7) is 0. The SMILES string of the molecule is N#Cc1cc(-n2c3ccccc3c3ccccc32)ccc1[Si](c1ccccc1)(c1ccccc1)c1ccc(-n2c3ccccc3c3ccccc32)cn1. The molecule has 4 nitrogen and oxygen atoms in total. The molecular weight excluding hydrogens is 661 g/mol. The van der Waals surface area contributed by atoms with Crippen LogP contribution in [0.25, 0.3) is 55.0 Å². The van der Waals surface area contributed by atoms with Crippen molar-refractivity contribution >= 4 is 72.6 Å². The van der Waals surface area contributed by atoms with E-state index < -0.39 is 8.07 Å². The predicted molar refractivity (Wildman–Crippen MR) is 221 cm³/mol. The van der Waals surface area contributed by atoms with E-state index in [9.17, 15) is 5.26 Å². The van der Waals surface area contributed by atoms with E-state index in [0.29, 0.717) is 5.56 Å². The Bertz CT molecular complexity index is 2860. The van der Waals surface area contributed by atoms with Crippen LogP contribution in [0.3, 0.4) is 0 Å². The molecule has 0 saturated heterocycles. The van der Waals surface area contributed by atoms with Gasteiger partial charge in [0, 0.05) is 32.5 Å². The molecule has 0 aliphatic heterocycles. The zero-order valence-corrected chi connectivity index (χ0v) is 29.8. The van der Waals surface area contributed by atoms with E-state index in [1.807, 2.05) is 6.20 Å². The summed E-state index contributed by atoms with van der Waals surface area (Å²) in [5.74, 6) is 0. The van der Waals surface area contributed by atoms with Crippen LogP contribution in [0, 0.1) is 11.3 Å². The van der Waals surface area contributed by atoms with E-state index in [1.54, 1.807) is 0 Å². The fourth-order valence-electron chi connectivity index (χ4n) is 8.52. The molecule has 0 aliphatic carbocycles. The lowest BCUT2D eigenvalue weighted by atomic mass is 10.2. The van der Waals surface area contributed by atoms with Crippen LogP contribution in [0.1, 0.15) is 5.56 Å². The van der Waals surface area contributed by atoms with Gasteiger partial charge in [-0.2, -0.15) is 5.26 Å². The summed E-state index contributed by atoms with van der Waals surface area (Å²) in [4.78, 5) is 5.41. The van der Waals surface area contributed by atoms with Crippen LogP contribution >= 0.6 is 0 Å². The molecule has 10 aromatic rings. The highest BCUT2D eigenvalue weighted by molar-refractivity contribution is 7.19. The van der Waals surface area contributed by atoms with Crippen LogP contribution in [-0.2, 0) is 0 Å². The fourth-order valence-corrected chi connectivity index (χ4v) is 13.2. The Kier molecular flexibility index (Phi) is 7.17. The van der Waals surface area contributed by atoms with E-state index in [2.05, 4.69) is 203 Å². The maximum atomic E-state index is 11.1. The number of rotatable bonds is 6. The zero-order chi connectivity index (χ0) is 35.4. The summed E-state index contributed by atoms with van der Waals surface area (Å²) in [5, 5.41) is 20.2. The molecule has 0 saturated carbocycles. The minimum absolute atomic E-state index is 0.650. The van der Waals surface area contributed by atoms with Gasteiger partial charge in [-0.15, -0.1) is 0 Å². The first-order valence-electron chi connectivity index (χ1n) is 17.9. The molecule has 5 heteroatoms. The van der Waals surface area contributed by atoms with Crippen LogP contribution in [0.4, 0.5) is 0 Å². The van der Waals surface area contributed by atoms with Crippen LogP contribution in [-0.4, -0.2) is 22.2 Å². The number of nitriles is 1. The van der Waals surface area contributed by atoms with Crippen molar-refractivity contribution in [1.82, 2.24) is 14.1 Å². The Labute approximate surface area is 308 Å². The quantitative estimate of drug-likeness (QED) is 0.130. The third kappa shape index (κ3) is 4.63. The molecule has 0 unspecified atom stereocenters. The predicted octanol–water partition coefficient (Wildman–Crippen LogP) is 8.52. The minimum Gasteiger partial charge on any atom is -0.309 e. The van der Waals surface area contributed by atoms with Gasteiger partial charge in [-0.3, -0.25) is 4.98 Å². The van der Waals surface area contributed by atoms with Crippen LogP contribution in [0.5, 0.6) is 0 Å². The molecule has 0 spiro atoms. The molecule has 0 radical (unpaired) electrons. The van der Waals surface area contributed by atoms with Gasteiger partial charge in [-0.05, 0) is 64.1 Å². The van der Waals surface area contributed by atoms with Crippen LogP contribution < -0.4 is 20.9 Å². The average Bonchev–Trinajstić information content (AvgIpc) is 3.75. The number of benzene rings is 7. The Balaban J connectivity index is 1.23. The molecule has 10 rings (SSSR count). The highest BCUT2D eigenvalue weighted by atomic mass is 28.3. The largest absolute Gasteiger partial charge is 0.309 e. The summed E-state index contributed by atoms with van der Waals surface area (Å²) in [6.07, 6.45) is 2.01. The van der Waals surface area contributed by atoms with Gasteiger partial charge in [0.15, 0.2) is 0 Å². The number of pyridine rings is 1. The van der Waals surface area contributed by atoms with Gasteiger partial charge >= 0.3 is 0 Å². The molecule has 3 aromatic heterocycles. The first-order valence-corrected chi connectivity index (χ1v) is 19.9. The highest BCUT2D eigenvalue weighted by Crippen LogP contribution is 2.33. The van der Waals surface area contributed by atoms with Gasteiger partial charge < -0.3 is 9.13 Å². The topological polar surface area (TPSA) is 46.5 Å². The van der Waals surface area contributed by atoms with Crippen molar-refractivity contribution in [3.8, 4) is 17.4 Å². The number of hydrogen-bond donors (Lipinski definition) is 0. The van der Waals surface area contributed by atoms with E-state index in [0.717, 1.165) is 43.9 Å². The Hall–Kier alpha value is -7.00. The zero-order valence-electron chi connectivity index (χ0n) is 28.8. The Morgan fingerprint density at radius 3 is 1.28 bits per heavy atom. The summed E-state index contributed by atoms with van der Waals surface area (Å²) in [7, 11) is -3.15. The molecule has 0 amide bonds. The average molecular weight is 693 g/mol. The molecular formula is C48H32N4Si. The molecule has 0 bridgehead atoms. The molecule has 0 N–H and O–H groups in total. The van der Waals surface area contributed by atoms with Crippen molar-refractivity contribution in [3.63, 3.8) is 0 Å². The van der Waals surface area contributed by atoms with Gasteiger partial charge in [0.05, 0.1) is 45.6 Å². The summed E-state index contributed by atoms with van der Waals surface area (Å²) < 4.78 is 4.58. The van der Waals surface area contributed by atoms with Crippen molar-refractivity contribution in [2.45, 2.75) is 0 Å². The lowest BCUT2D eigenvalue weighted by Crippen LogP contribution is -2.76. The van der Waals surface area contributed by atoms with Crippen molar-refractivity contribution in [1.29, 1.82) is 5.26 Å². The number of hydrogen-bond acceptors (Lipinski definition) is 2. The Morgan fingerprint density at radius 2 is 0.849 bits per heavy atom. The molecule has 7 aromatic carbocycles. The van der Waals surface area contributed by atoms with Crippen molar-refractivity contribution in [2.24, 2.45) is 0 Å². The first-order chi connectivity index (χ1) is 26.3. The third-order valence-corrected chi connectivity index (χ3v) is 15.5. The van der Waals surface area contributed by atoms with Gasteiger partial charge in [-0.25, -0.2) is 0 Å². The van der Waals surface area contributed by atoms with Crippen LogP contribution in [0.15, 0.2) is 194 Å². The highest BCUT2D eigenvalue weighted by Gasteiger charge is 2.44. The van der Waals surface area contributed by atoms with Gasteiger partial charge in [0.25, 0.3) is 0 Å². The van der Waals surface area contributed by atoms with Crippen molar-refractivity contribution in [2.75, 3.05) is 0 Å². The van der Waals surface area contributed by atoms with Crippen molar-refractivity contribution < 1.29 is 0 Å².